The van der Waals surface area contributed by atoms with Crippen molar-refractivity contribution in [1.29, 1.82) is 5.26 Å². The minimum Gasteiger partial charge on any atom is -0.198 e. The molecular weight excluding hydrogens is 229 g/mol. The van der Waals surface area contributed by atoms with Crippen molar-refractivity contribution in [3.63, 3.8) is 0 Å². The van der Waals surface area contributed by atoms with E-state index < -0.39 is 0 Å². The topological polar surface area (TPSA) is 23.8 Å². The standard InChI is InChI=1S/C17H32BN/c1-16(15-19)11-7-3-5-9-13-17(2,18)14-10-6-4-8-12-16/h3-14,18H2,1-2H3. The number of rotatable bonds is 0. The van der Waals surface area contributed by atoms with Gasteiger partial charge in [0.15, 0.2) is 0 Å². The second kappa shape index (κ2) is 7.98. The quantitative estimate of drug-likeness (QED) is 0.561. The lowest BCUT2D eigenvalue weighted by atomic mass is 9.64. The third-order valence-corrected chi connectivity index (χ3v) is 4.93. The number of hydrogen-bond acceptors (Lipinski definition) is 1. The molecule has 0 N–H and O–H groups in total. The molecule has 0 amide bonds. The van der Waals surface area contributed by atoms with Gasteiger partial charge >= 0.3 is 0 Å². The second-order valence-electron chi connectivity index (χ2n) is 7.67. The van der Waals surface area contributed by atoms with Crippen LogP contribution in [0.2, 0.25) is 5.31 Å². The third kappa shape index (κ3) is 7.04. The SMILES string of the molecule is BC1(C)CCCCCCC(C)(C#N)CCCCCC1. The van der Waals surface area contributed by atoms with Gasteiger partial charge in [0.1, 0.15) is 7.85 Å². The van der Waals surface area contributed by atoms with Crippen molar-refractivity contribution in [2.75, 3.05) is 0 Å². The average molecular weight is 261 g/mol. The first kappa shape index (κ1) is 16.6. The van der Waals surface area contributed by atoms with E-state index in [0.29, 0.717) is 5.31 Å². The van der Waals surface area contributed by atoms with E-state index in [9.17, 15) is 5.26 Å². The third-order valence-electron chi connectivity index (χ3n) is 4.93. The number of nitrogens with zero attached hydrogens (tertiary/aromatic N) is 1. The van der Waals surface area contributed by atoms with Crippen molar-refractivity contribution in [1.82, 2.24) is 0 Å². The Hall–Kier alpha value is -0.445. The average Bonchev–Trinajstić information content (AvgIpc) is 2.37. The molecular formula is C17H32BN. The molecule has 0 unspecified atom stereocenters. The normalized spacial score (nSPS) is 36.1. The van der Waals surface area contributed by atoms with E-state index in [-0.39, 0.29) is 5.41 Å². The van der Waals surface area contributed by atoms with Crippen LogP contribution in [0.5, 0.6) is 0 Å². The molecule has 1 nitrogen and oxygen atoms in total. The Labute approximate surface area is 121 Å². The zero-order chi connectivity index (χ0) is 14.2. The molecule has 0 aliphatic heterocycles. The van der Waals surface area contributed by atoms with Gasteiger partial charge in [0.2, 0.25) is 0 Å². The zero-order valence-corrected chi connectivity index (χ0v) is 13.4. The highest BCUT2D eigenvalue weighted by molar-refractivity contribution is 6.14. The van der Waals surface area contributed by atoms with Crippen LogP contribution in [0.25, 0.3) is 0 Å². The van der Waals surface area contributed by atoms with Crippen molar-refractivity contribution in [3.05, 3.63) is 0 Å². The summed E-state index contributed by atoms with van der Waals surface area (Å²) in [5, 5.41) is 9.92. The largest absolute Gasteiger partial charge is 0.198 e. The van der Waals surface area contributed by atoms with Crippen LogP contribution in [0, 0.1) is 16.7 Å². The molecule has 1 saturated carbocycles. The Morgan fingerprint density at radius 1 is 0.737 bits per heavy atom. The number of hydrogen-bond donors (Lipinski definition) is 0. The monoisotopic (exact) mass is 261 g/mol. The Morgan fingerprint density at radius 2 is 1.11 bits per heavy atom. The van der Waals surface area contributed by atoms with Crippen molar-refractivity contribution < 1.29 is 0 Å². The molecule has 19 heavy (non-hydrogen) atoms. The smallest absolute Gasteiger partial charge is 0.109 e. The molecule has 0 atom stereocenters. The highest BCUT2D eigenvalue weighted by atomic mass is 14.3. The fourth-order valence-electron chi connectivity index (χ4n) is 3.31. The molecule has 1 fully saturated rings. The van der Waals surface area contributed by atoms with Crippen molar-refractivity contribution in [2.45, 2.75) is 96.2 Å². The van der Waals surface area contributed by atoms with E-state index in [0.717, 1.165) is 12.8 Å². The summed E-state index contributed by atoms with van der Waals surface area (Å²) in [5.74, 6) is 0. The summed E-state index contributed by atoms with van der Waals surface area (Å²) < 4.78 is 0. The van der Waals surface area contributed by atoms with Gasteiger partial charge in [-0.15, -0.1) is 0 Å². The molecule has 0 saturated heterocycles. The van der Waals surface area contributed by atoms with E-state index in [1.165, 1.54) is 64.2 Å². The predicted molar refractivity (Wildman–Crippen MR) is 86.0 cm³/mol. The molecule has 0 bridgehead atoms. The molecule has 0 aromatic heterocycles. The molecule has 0 aromatic rings. The summed E-state index contributed by atoms with van der Waals surface area (Å²) in [5.41, 5.74) is -0.0522. The highest BCUT2D eigenvalue weighted by Gasteiger charge is 2.23. The van der Waals surface area contributed by atoms with Gasteiger partial charge in [-0.1, -0.05) is 76.4 Å². The summed E-state index contributed by atoms with van der Waals surface area (Å²) in [6, 6.07) is 2.57. The first-order valence-corrected chi connectivity index (χ1v) is 8.39. The minimum atomic E-state index is -0.0522. The maximum atomic E-state index is 9.37. The van der Waals surface area contributed by atoms with Crippen LogP contribution in [-0.2, 0) is 0 Å². The molecule has 0 aromatic carbocycles. The van der Waals surface area contributed by atoms with Crippen LogP contribution in [0.3, 0.4) is 0 Å². The van der Waals surface area contributed by atoms with Crippen molar-refractivity contribution in [2.24, 2.45) is 5.41 Å². The Balaban J connectivity index is 2.44. The molecule has 1 rings (SSSR count). The molecule has 2 heteroatoms. The Kier molecular flexibility index (Phi) is 6.98. The fourth-order valence-corrected chi connectivity index (χ4v) is 3.31. The first-order valence-electron chi connectivity index (χ1n) is 8.39. The van der Waals surface area contributed by atoms with E-state index >= 15 is 0 Å². The van der Waals surface area contributed by atoms with Gasteiger partial charge in [-0.3, -0.25) is 0 Å². The Morgan fingerprint density at radius 3 is 1.47 bits per heavy atom. The van der Waals surface area contributed by atoms with Crippen LogP contribution in [0.15, 0.2) is 0 Å². The van der Waals surface area contributed by atoms with Gasteiger partial charge in [-0.25, -0.2) is 0 Å². The fraction of sp³-hybridized carbons (Fsp3) is 0.941. The summed E-state index contributed by atoms with van der Waals surface area (Å²) >= 11 is 0. The van der Waals surface area contributed by atoms with Crippen LogP contribution < -0.4 is 0 Å². The lowest BCUT2D eigenvalue weighted by Crippen LogP contribution is -2.14. The van der Waals surface area contributed by atoms with Crippen LogP contribution >= 0.6 is 0 Å². The van der Waals surface area contributed by atoms with E-state index in [4.69, 9.17) is 0 Å². The van der Waals surface area contributed by atoms with E-state index in [1.807, 2.05) is 0 Å². The van der Waals surface area contributed by atoms with Gasteiger partial charge in [0.25, 0.3) is 0 Å². The van der Waals surface area contributed by atoms with Gasteiger partial charge < -0.3 is 0 Å². The van der Waals surface area contributed by atoms with Gasteiger partial charge in [0, 0.05) is 0 Å². The second-order valence-corrected chi connectivity index (χ2v) is 7.67. The van der Waals surface area contributed by atoms with Crippen molar-refractivity contribution >= 4 is 7.85 Å². The maximum Gasteiger partial charge on any atom is 0.109 e. The van der Waals surface area contributed by atoms with Crippen LogP contribution in [0.1, 0.15) is 90.9 Å². The van der Waals surface area contributed by atoms with Gasteiger partial charge in [-0.2, -0.15) is 5.26 Å². The zero-order valence-electron chi connectivity index (χ0n) is 13.4. The molecule has 1 aliphatic carbocycles. The predicted octanol–water partition coefficient (Wildman–Crippen LogP) is 5.02. The Bertz CT molecular complexity index is 272. The summed E-state index contributed by atoms with van der Waals surface area (Å²) in [6.07, 6.45) is 15.5. The number of nitriles is 1. The maximum absolute atomic E-state index is 9.37. The lowest BCUT2D eigenvalue weighted by molar-refractivity contribution is 0.332. The molecule has 108 valence electrons. The van der Waals surface area contributed by atoms with E-state index in [1.54, 1.807) is 0 Å². The molecule has 0 spiro atoms. The molecule has 0 radical (unpaired) electrons. The van der Waals surface area contributed by atoms with Crippen LogP contribution in [0.4, 0.5) is 0 Å². The first-order chi connectivity index (χ1) is 8.97. The van der Waals surface area contributed by atoms with Crippen molar-refractivity contribution in [3.8, 4) is 6.07 Å². The van der Waals surface area contributed by atoms with Gasteiger partial charge in [0.05, 0.1) is 11.5 Å². The van der Waals surface area contributed by atoms with Crippen LogP contribution in [-0.4, -0.2) is 7.85 Å². The summed E-state index contributed by atoms with van der Waals surface area (Å²) in [4.78, 5) is 0. The summed E-state index contributed by atoms with van der Waals surface area (Å²) in [7, 11) is 2.44. The minimum absolute atomic E-state index is 0.0522. The highest BCUT2D eigenvalue weighted by Crippen LogP contribution is 2.36. The molecule has 1 aliphatic rings. The van der Waals surface area contributed by atoms with E-state index in [2.05, 4.69) is 27.8 Å². The van der Waals surface area contributed by atoms with Gasteiger partial charge in [-0.05, 0) is 19.8 Å². The molecule has 0 heterocycles. The summed E-state index contributed by atoms with van der Waals surface area (Å²) in [6.45, 7) is 4.60. The lowest BCUT2D eigenvalue weighted by Gasteiger charge is -2.26.